The van der Waals surface area contributed by atoms with E-state index in [0.29, 0.717) is 5.71 Å². The average Bonchev–Trinajstić information content (AvgIpc) is 3.14. The molecule has 0 aliphatic heterocycles. The Morgan fingerprint density at radius 1 is 0.957 bits per heavy atom. The molecule has 0 aliphatic rings. The number of rotatable bonds is 2. The molecule has 0 bridgehead atoms. The van der Waals surface area contributed by atoms with Gasteiger partial charge in [0.25, 0.3) is 0 Å². The number of aryl methyl sites for hydroxylation is 3. The standard InChI is InChI=1S/C19H16N2OS/c1-11-6-8-14(9-7-11)18-17(15-5-4-10-23-15)16-12(2)20-13(3)21-19(16)22-18/h4-10H,1-3H3. The minimum absolute atomic E-state index is 0.661. The molecule has 0 radical (unpaired) electrons. The first-order valence-corrected chi connectivity index (χ1v) is 8.40. The Labute approximate surface area is 138 Å². The molecule has 3 heterocycles. The van der Waals surface area contributed by atoms with Crippen molar-refractivity contribution in [2.75, 3.05) is 0 Å². The lowest BCUT2D eigenvalue weighted by atomic mass is 10.0. The summed E-state index contributed by atoms with van der Waals surface area (Å²) in [6, 6.07) is 12.6. The number of thiophene rings is 1. The van der Waals surface area contributed by atoms with Gasteiger partial charge in [-0.2, -0.15) is 4.98 Å². The summed E-state index contributed by atoms with van der Waals surface area (Å²) >= 11 is 1.70. The van der Waals surface area contributed by atoms with Gasteiger partial charge < -0.3 is 4.42 Å². The first-order valence-electron chi connectivity index (χ1n) is 7.52. The van der Waals surface area contributed by atoms with Crippen molar-refractivity contribution in [1.29, 1.82) is 0 Å². The molecule has 0 atom stereocenters. The van der Waals surface area contributed by atoms with E-state index in [1.165, 1.54) is 10.4 Å². The van der Waals surface area contributed by atoms with E-state index in [0.717, 1.165) is 33.8 Å². The Hall–Kier alpha value is -2.46. The van der Waals surface area contributed by atoms with Gasteiger partial charge in [-0.3, -0.25) is 0 Å². The van der Waals surface area contributed by atoms with Gasteiger partial charge in [0.1, 0.15) is 11.6 Å². The van der Waals surface area contributed by atoms with Gasteiger partial charge in [0.05, 0.1) is 11.1 Å². The van der Waals surface area contributed by atoms with Gasteiger partial charge in [-0.25, -0.2) is 4.98 Å². The summed E-state index contributed by atoms with van der Waals surface area (Å²) in [5.41, 5.74) is 5.01. The lowest BCUT2D eigenvalue weighted by molar-refractivity contribution is 0.616. The van der Waals surface area contributed by atoms with Crippen LogP contribution in [0.2, 0.25) is 0 Å². The Morgan fingerprint density at radius 3 is 2.43 bits per heavy atom. The van der Waals surface area contributed by atoms with Crippen LogP contribution in [0.15, 0.2) is 46.2 Å². The number of nitrogens with zero attached hydrogens (tertiary/aromatic N) is 2. The molecule has 4 heteroatoms. The molecule has 0 spiro atoms. The van der Waals surface area contributed by atoms with Crippen LogP contribution in [-0.2, 0) is 0 Å². The lowest BCUT2D eigenvalue weighted by Crippen LogP contribution is -1.91. The fraction of sp³-hybridized carbons (Fsp3) is 0.158. The molecule has 0 unspecified atom stereocenters. The molecule has 4 aromatic rings. The second kappa shape index (κ2) is 5.32. The summed E-state index contributed by atoms with van der Waals surface area (Å²) in [4.78, 5) is 10.2. The zero-order valence-corrected chi connectivity index (χ0v) is 14.1. The first-order chi connectivity index (χ1) is 11.1. The van der Waals surface area contributed by atoms with E-state index in [9.17, 15) is 0 Å². The predicted molar refractivity (Wildman–Crippen MR) is 94.8 cm³/mol. The summed E-state index contributed by atoms with van der Waals surface area (Å²) in [5.74, 6) is 1.60. The van der Waals surface area contributed by atoms with E-state index in [4.69, 9.17) is 4.42 Å². The quantitative estimate of drug-likeness (QED) is 0.486. The van der Waals surface area contributed by atoms with Crippen molar-refractivity contribution in [2.24, 2.45) is 0 Å². The molecule has 4 rings (SSSR count). The van der Waals surface area contributed by atoms with Crippen LogP contribution in [0.25, 0.3) is 32.9 Å². The maximum absolute atomic E-state index is 6.17. The van der Waals surface area contributed by atoms with Gasteiger partial charge in [-0.05, 0) is 32.2 Å². The molecular formula is C19H16N2OS. The number of fused-ring (bicyclic) bond motifs is 1. The Balaban J connectivity index is 2.09. The highest BCUT2D eigenvalue weighted by Crippen LogP contribution is 2.42. The number of benzene rings is 1. The molecule has 0 N–H and O–H groups in total. The second-order valence-electron chi connectivity index (χ2n) is 5.69. The summed E-state index contributed by atoms with van der Waals surface area (Å²) < 4.78 is 6.17. The van der Waals surface area contributed by atoms with Crippen LogP contribution in [0.4, 0.5) is 0 Å². The zero-order valence-electron chi connectivity index (χ0n) is 13.3. The molecule has 0 saturated carbocycles. The highest BCUT2D eigenvalue weighted by atomic mass is 32.1. The molecule has 0 aliphatic carbocycles. The van der Waals surface area contributed by atoms with E-state index < -0.39 is 0 Å². The molecule has 114 valence electrons. The highest BCUT2D eigenvalue weighted by Gasteiger charge is 2.21. The smallest absolute Gasteiger partial charge is 0.230 e. The molecule has 1 aromatic carbocycles. The Bertz CT molecular complexity index is 983. The van der Waals surface area contributed by atoms with Gasteiger partial charge in [0, 0.05) is 16.0 Å². The SMILES string of the molecule is Cc1ccc(-c2oc3nc(C)nc(C)c3c2-c2cccs2)cc1. The van der Waals surface area contributed by atoms with Gasteiger partial charge >= 0.3 is 0 Å². The van der Waals surface area contributed by atoms with E-state index in [1.54, 1.807) is 11.3 Å². The number of furan rings is 1. The van der Waals surface area contributed by atoms with Gasteiger partial charge in [-0.1, -0.05) is 35.9 Å². The molecule has 0 amide bonds. The summed E-state index contributed by atoms with van der Waals surface area (Å²) in [7, 11) is 0. The van der Waals surface area contributed by atoms with Crippen molar-refractivity contribution < 1.29 is 4.42 Å². The fourth-order valence-corrected chi connectivity index (χ4v) is 3.64. The van der Waals surface area contributed by atoms with Crippen molar-refractivity contribution in [2.45, 2.75) is 20.8 Å². The third kappa shape index (κ3) is 2.35. The molecule has 3 nitrogen and oxygen atoms in total. The van der Waals surface area contributed by atoms with Gasteiger partial charge in [-0.15, -0.1) is 11.3 Å². The predicted octanol–water partition coefficient (Wildman–Crippen LogP) is 5.54. The summed E-state index contributed by atoms with van der Waals surface area (Å²) in [5, 5.41) is 3.09. The first kappa shape index (κ1) is 14.2. The zero-order chi connectivity index (χ0) is 16.0. The van der Waals surface area contributed by atoms with E-state index >= 15 is 0 Å². The van der Waals surface area contributed by atoms with E-state index in [-0.39, 0.29) is 0 Å². The highest BCUT2D eigenvalue weighted by molar-refractivity contribution is 7.13. The monoisotopic (exact) mass is 320 g/mol. The normalized spacial score (nSPS) is 11.3. The second-order valence-corrected chi connectivity index (χ2v) is 6.63. The van der Waals surface area contributed by atoms with Crippen molar-refractivity contribution in [1.82, 2.24) is 9.97 Å². The number of hydrogen-bond donors (Lipinski definition) is 0. The third-order valence-electron chi connectivity index (χ3n) is 3.93. The molecular weight excluding hydrogens is 304 g/mol. The summed E-state index contributed by atoms with van der Waals surface area (Å²) in [6.45, 7) is 6.00. The topological polar surface area (TPSA) is 38.9 Å². The van der Waals surface area contributed by atoms with Crippen LogP contribution in [0, 0.1) is 20.8 Å². The van der Waals surface area contributed by atoms with Crippen molar-refractivity contribution >= 4 is 22.4 Å². The van der Waals surface area contributed by atoms with Crippen LogP contribution >= 0.6 is 11.3 Å². The largest absolute Gasteiger partial charge is 0.437 e. The molecule has 3 aromatic heterocycles. The maximum atomic E-state index is 6.17. The van der Waals surface area contributed by atoms with Crippen molar-refractivity contribution in [3.05, 3.63) is 58.9 Å². The number of aromatic nitrogens is 2. The van der Waals surface area contributed by atoms with Crippen LogP contribution in [0.5, 0.6) is 0 Å². The van der Waals surface area contributed by atoms with Crippen LogP contribution in [-0.4, -0.2) is 9.97 Å². The van der Waals surface area contributed by atoms with E-state index in [2.05, 4.69) is 58.7 Å². The van der Waals surface area contributed by atoms with E-state index in [1.807, 2.05) is 13.8 Å². The molecule has 23 heavy (non-hydrogen) atoms. The van der Waals surface area contributed by atoms with Crippen LogP contribution in [0.3, 0.4) is 0 Å². The number of hydrogen-bond acceptors (Lipinski definition) is 4. The average molecular weight is 320 g/mol. The maximum Gasteiger partial charge on any atom is 0.230 e. The Kier molecular flexibility index (Phi) is 3.27. The minimum atomic E-state index is 0.661. The van der Waals surface area contributed by atoms with Gasteiger partial charge in [0.2, 0.25) is 5.71 Å². The summed E-state index contributed by atoms with van der Waals surface area (Å²) in [6.07, 6.45) is 0. The van der Waals surface area contributed by atoms with Crippen molar-refractivity contribution in [3.63, 3.8) is 0 Å². The third-order valence-corrected chi connectivity index (χ3v) is 4.81. The minimum Gasteiger partial charge on any atom is -0.437 e. The van der Waals surface area contributed by atoms with Crippen LogP contribution in [0.1, 0.15) is 17.1 Å². The van der Waals surface area contributed by atoms with Crippen molar-refractivity contribution in [3.8, 4) is 21.8 Å². The lowest BCUT2D eigenvalue weighted by Gasteiger charge is -2.03. The van der Waals surface area contributed by atoms with Crippen LogP contribution < -0.4 is 0 Å². The molecule has 0 saturated heterocycles. The molecule has 0 fully saturated rings. The fourth-order valence-electron chi connectivity index (χ4n) is 2.87. The van der Waals surface area contributed by atoms with Gasteiger partial charge in [0.15, 0.2) is 0 Å². The Morgan fingerprint density at radius 2 is 1.74 bits per heavy atom.